The summed E-state index contributed by atoms with van der Waals surface area (Å²) in [5.74, 6) is 0.543. The molecule has 1 saturated heterocycles. The van der Waals surface area contributed by atoms with Gasteiger partial charge in [0.25, 0.3) is 12.0 Å². The number of alkyl halides is 2. The summed E-state index contributed by atoms with van der Waals surface area (Å²) in [6, 6.07) is 14.7. The first-order valence-electron chi connectivity index (χ1n) is 18.7. The van der Waals surface area contributed by atoms with Crippen molar-refractivity contribution >= 4 is 40.0 Å². The van der Waals surface area contributed by atoms with Crippen molar-refractivity contribution in [3.8, 4) is 28.3 Å². The maximum absolute atomic E-state index is 13.8. The fraction of sp³-hybridized carbons (Fsp3) is 0.390. The van der Waals surface area contributed by atoms with Gasteiger partial charge in [0.2, 0.25) is 5.88 Å². The van der Waals surface area contributed by atoms with E-state index < -0.39 is 23.4 Å². The van der Waals surface area contributed by atoms with Crippen LogP contribution in [-0.2, 0) is 26.9 Å². The van der Waals surface area contributed by atoms with Crippen LogP contribution < -0.4 is 37.3 Å². The van der Waals surface area contributed by atoms with Gasteiger partial charge in [0.05, 0.1) is 23.3 Å². The number of rotatable bonds is 9. The molecule has 7 rings (SSSR count). The monoisotopic (exact) mass is 790 g/mol. The number of nitrogens with zero attached hydrogens (tertiary/aromatic N) is 4. The minimum Gasteiger partial charge on any atom is -0.481 e. The van der Waals surface area contributed by atoms with Crippen molar-refractivity contribution in [1.29, 1.82) is 0 Å². The molecule has 1 aliphatic heterocycles. The number of hydrogen-bond donors (Lipinski definition) is 4. The van der Waals surface area contributed by atoms with Gasteiger partial charge in [0.1, 0.15) is 16.9 Å². The van der Waals surface area contributed by atoms with Gasteiger partial charge in [-0.1, -0.05) is 55.8 Å². The molecule has 1 fully saturated rings. The average Bonchev–Trinajstić information content (AvgIpc) is 3.69. The van der Waals surface area contributed by atoms with Crippen LogP contribution in [0.3, 0.4) is 0 Å². The molecule has 2 amide bonds. The minimum absolute atomic E-state index is 0.0236. The molecule has 4 heterocycles. The number of benzene rings is 2. The van der Waals surface area contributed by atoms with Gasteiger partial charge in [-0.3, -0.25) is 13.9 Å². The summed E-state index contributed by atoms with van der Waals surface area (Å²) in [7, 11) is 6.30. The van der Waals surface area contributed by atoms with Crippen molar-refractivity contribution in [2.75, 3.05) is 32.6 Å². The van der Waals surface area contributed by atoms with Gasteiger partial charge in [0.15, 0.2) is 0 Å². The molecule has 15 heteroatoms. The predicted molar refractivity (Wildman–Crippen MR) is 219 cm³/mol. The van der Waals surface area contributed by atoms with Crippen LogP contribution in [0.2, 0.25) is 5.02 Å². The lowest BCUT2D eigenvalue weighted by Gasteiger charge is -2.23. The number of amides is 2. The molecular formula is C41H49ClF2N8O4. The van der Waals surface area contributed by atoms with Crippen LogP contribution in [0, 0.1) is 6.92 Å². The molecular weight excluding hydrogens is 742 g/mol. The molecule has 1 aliphatic carbocycles. The quantitative estimate of drug-likeness (QED) is 0.123. The van der Waals surface area contributed by atoms with Gasteiger partial charge in [-0.25, -0.2) is 28.3 Å². The summed E-state index contributed by atoms with van der Waals surface area (Å²) in [4.78, 5) is 45.3. The summed E-state index contributed by atoms with van der Waals surface area (Å²) in [6.07, 6.45) is 2.08. The van der Waals surface area contributed by atoms with E-state index in [0.717, 1.165) is 93.9 Å². The Morgan fingerprint density at radius 2 is 1.71 bits per heavy atom. The molecule has 56 heavy (non-hydrogen) atoms. The van der Waals surface area contributed by atoms with Crippen LogP contribution in [0.4, 0.5) is 25.1 Å². The lowest BCUT2D eigenvalue weighted by atomic mass is 9.96. The number of methoxy groups -OCH3 is 1. The second kappa shape index (κ2) is 18.5. The number of carbonyl (C=O) groups excluding carboxylic acids is 1. The van der Waals surface area contributed by atoms with Crippen molar-refractivity contribution in [2.45, 2.75) is 65.3 Å². The van der Waals surface area contributed by atoms with Crippen LogP contribution in [0.5, 0.6) is 5.88 Å². The highest BCUT2D eigenvalue weighted by Crippen LogP contribution is 2.41. The number of fused-ring (bicyclic) bond motifs is 2. The number of ether oxygens (including phenoxy) is 1. The van der Waals surface area contributed by atoms with Crippen molar-refractivity contribution in [1.82, 2.24) is 35.1 Å². The lowest BCUT2D eigenvalue weighted by molar-refractivity contribution is 0.146. The Kier molecular flexibility index (Phi) is 13.8. The second-order valence-corrected chi connectivity index (χ2v) is 13.7. The van der Waals surface area contributed by atoms with Crippen LogP contribution in [0.15, 0.2) is 58.1 Å². The maximum Gasteiger partial charge on any atom is 0.330 e. The summed E-state index contributed by atoms with van der Waals surface area (Å²) >= 11 is 7.04. The highest BCUT2D eigenvalue weighted by molar-refractivity contribution is 6.36. The number of nitrogens with one attached hydrogen (secondary N) is 4. The Bertz CT molecular complexity index is 2350. The average molecular weight is 791 g/mol. The Morgan fingerprint density at radius 3 is 2.41 bits per heavy atom. The van der Waals surface area contributed by atoms with E-state index in [4.69, 9.17) is 21.3 Å². The molecule has 12 nitrogen and oxygen atoms in total. The van der Waals surface area contributed by atoms with Gasteiger partial charge < -0.3 is 26.0 Å². The molecule has 298 valence electrons. The Labute approximate surface area is 329 Å². The topological polar surface area (TPSA) is 144 Å². The van der Waals surface area contributed by atoms with E-state index in [1.54, 1.807) is 19.2 Å². The van der Waals surface area contributed by atoms with Crippen LogP contribution in [-0.4, -0.2) is 58.4 Å². The molecule has 0 saturated carbocycles. The van der Waals surface area contributed by atoms with E-state index >= 15 is 0 Å². The van der Waals surface area contributed by atoms with E-state index in [2.05, 4.69) is 32.3 Å². The molecule has 4 N–H and O–H groups in total. The van der Waals surface area contributed by atoms with E-state index in [-0.39, 0.29) is 22.8 Å². The SMILES string of the molecule is CC.CNCCC1CCNC(=O)N1.COc1nc(-c2cccc(-c3cccc(Nc4nc(C(F)F)cc5c4c(=O)n(C)c(=O)n5C)c3C)c2Cl)cc2c1CCC2. The largest absolute Gasteiger partial charge is 0.481 e. The van der Waals surface area contributed by atoms with Crippen molar-refractivity contribution < 1.29 is 18.3 Å². The Morgan fingerprint density at radius 1 is 1.00 bits per heavy atom. The van der Waals surface area contributed by atoms with E-state index in [1.165, 1.54) is 19.7 Å². The zero-order valence-corrected chi connectivity index (χ0v) is 33.5. The molecule has 2 aliphatic rings. The normalized spacial score (nSPS) is 14.6. The third kappa shape index (κ3) is 8.71. The van der Waals surface area contributed by atoms with Crippen LogP contribution in [0.25, 0.3) is 33.3 Å². The first-order valence-corrected chi connectivity index (χ1v) is 19.1. The molecule has 0 radical (unpaired) electrons. The molecule has 3 aromatic heterocycles. The third-order valence-corrected chi connectivity index (χ3v) is 10.4. The fourth-order valence-electron chi connectivity index (χ4n) is 6.99. The second-order valence-electron chi connectivity index (χ2n) is 13.4. The number of hydrogen-bond acceptors (Lipinski definition) is 8. The standard InChI is InChI=1S/C32H28ClF2N5O3.C7H15N3O.C2H6/c1-16-18(20-11-6-12-21(27(20)33)23-14-17-8-5-10-19(17)30(38-23)43-4)9-7-13-22(16)36-29-26-25(15-24(37-29)28(34)35)39(2)32(42)40(3)31(26)41;1-8-4-2-6-3-5-9-7(11)10-6;1-2/h6-7,9,11-15,28H,5,8,10H2,1-4H3,(H,36,37);6,8H,2-5H2,1H3,(H2,9,10,11);1-2H3. The van der Waals surface area contributed by atoms with Crippen LogP contribution >= 0.6 is 11.6 Å². The highest BCUT2D eigenvalue weighted by Gasteiger charge is 2.23. The number of carbonyl (C=O) groups is 1. The fourth-order valence-corrected chi connectivity index (χ4v) is 7.32. The zero-order chi connectivity index (χ0) is 40.7. The minimum atomic E-state index is -2.91. The number of aromatic nitrogens is 4. The van der Waals surface area contributed by atoms with Crippen LogP contribution in [0.1, 0.15) is 61.9 Å². The van der Waals surface area contributed by atoms with Gasteiger partial charge in [-0.15, -0.1) is 0 Å². The first kappa shape index (κ1) is 41.8. The highest BCUT2D eigenvalue weighted by atomic mass is 35.5. The van der Waals surface area contributed by atoms with E-state index in [1.807, 2.05) is 52.1 Å². The molecule has 1 unspecified atom stereocenters. The zero-order valence-electron chi connectivity index (χ0n) is 32.8. The van der Waals surface area contributed by atoms with Gasteiger partial charge in [-0.2, -0.15) is 0 Å². The predicted octanol–water partition coefficient (Wildman–Crippen LogP) is 7.20. The summed E-state index contributed by atoms with van der Waals surface area (Å²) < 4.78 is 35.4. The number of pyridine rings is 2. The molecule has 2 aromatic carbocycles. The summed E-state index contributed by atoms with van der Waals surface area (Å²) in [5, 5.41) is 12.3. The van der Waals surface area contributed by atoms with E-state index in [0.29, 0.717) is 22.6 Å². The molecule has 5 aromatic rings. The number of urea groups is 1. The summed E-state index contributed by atoms with van der Waals surface area (Å²) in [6.45, 7) is 7.63. The van der Waals surface area contributed by atoms with Crippen molar-refractivity contribution in [3.63, 3.8) is 0 Å². The Hall–Kier alpha value is -5.34. The molecule has 1 atom stereocenters. The molecule has 0 bridgehead atoms. The maximum atomic E-state index is 13.8. The first-order chi connectivity index (χ1) is 26.9. The smallest absolute Gasteiger partial charge is 0.330 e. The van der Waals surface area contributed by atoms with Gasteiger partial charge in [-0.05, 0) is 87.5 Å². The van der Waals surface area contributed by atoms with Gasteiger partial charge >= 0.3 is 11.7 Å². The number of aryl methyl sites for hydroxylation is 2. The lowest BCUT2D eigenvalue weighted by Crippen LogP contribution is -2.49. The third-order valence-electron chi connectivity index (χ3n) is 9.95. The molecule has 0 spiro atoms. The number of anilines is 2. The van der Waals surface area contributed by atoms with Gasteiger partial charge in [0, 0.05) is 49.1 Å². The van der Waals surface area contributed by atoms with Crippen molar-refractivity contribution in [2.24, 2.45) is 14.1 Å². The van der Waals surface area contributed by atoms with Crippen molar-refractivity contribution in [3.05, 3.63) is 96.8 Å². The summed E-state index contributed by atoms with van der Waals surface area (Å²) in [5.41, 5.74) is 4.88. The Balaban J connectivity index is 0.000000396. The number of halogens is 3. The van der Waals surface area contributed by atoms with E-state index in [9.17, 15) is 23.2 Å².